The SMILES string of the molecule is N=C(N)C1(c2ccc(Cl)cc2)N=C(N)N=C1N=C1CCc2ccccc21. The van der Waals surface area contributed by atoms with Crippen molar-refractivity contribution in [2.24, 2.45) is 26.4 Å². The summed E-state index contributed by atoms with van der Waals surface area (Å²) in [5.41, 5.74) is 14.4. The van der Waals surface area contributed by atoms with Gasteiger partial charge in [-0.3, -0.25) is 5.41 Å². The molecular formula is C19H17ClN6. The number of nitrogens with one attached hydrogen (secondary N) is 1. The van der Waals surface area contributed by atoms with Gasteiger partial charge in [0.25, 0.3) is 0 Å². The molecule has 0 fully saturated rings. The first-order chi connectivity index (χ1) is 12.5. The van der Waals surface area contributed by atoms with Crippen molar-refractivity contribution < 1.29 is 0 Å². The molecule has 0 saturated heterocycles. The average molecular weight is 365 g/mol. The van der Waals surface area contributed by atoms with Crippen LogP contribution in [0.15, 0.2) is 63.5 Å². The summed E-state index contributed by atoms with van der Waals surface area (Å²) < 4.78 is 0. The van der Waals surface area contributed by atoms with Crippen molar-refractivity contribution in [3.05, 3.63) is 70.2 Å². The van der Waals surface area contributed by atoms with Crippen molar-refractivity contribution in [1.29, 1.82) is 5.41 Å². The van der Waals surface area contributed by atoms with Gasteiger partial charge in [-0.15, -0.1) is 0 Å². The van der Waals surface area contributed by atoms with E-state index in [0.29, 0.717) is 16.4 Å². The van der Waals surface area contributed by atoms with E-state index in [1.165, 1.54) is 5.56 Å². The molecule has 26 heavy (non-hydrogen) atoms. The average Bonchev–Trinajstić information content (AvgIpc) is 3.18. The van der Waals surface area contributed by atoms with Crippen LogP contribution in [0.1, 0.15) is 23.1 Å². The third-order valence-electron chi connectivity index (χ3n) is 4.68. The number of guanidine groups is 1. The number of rotatable bonds is 2. The van der Waals surface area contributed by atoms with Crippen LogP contribution in [0.4, 0.5) is 0 Å². The summed E-state index contributed by atoms with van der Waals surface area (Å²) in [4.78, 5) is 13.5. The van der Waals surface area contributed by atoms with Gasteiger partial charge in [-0.25, -0.2) is 9.98 Å². The molecule has 0 saturated carbocycles. The van der Waals surface area contributed by atoms with Gasteiger partial charge in [-0.1, -0.05) is 48.0 Å². The van der Waals surface area contributed by atoms with Gasteiger partial charge in [-0.2, -0.15) is 4.99 Å². The molecule has 0 radical (unpaired) electrons. The van der Waals surface area contributed by atoms with Crippen molar-refractivity contribution in [2.45, 2.75) is 18.4 Å². The molecule has 0 spiro atoms. The molecular weight excluding hydrogens is 348 g/mol. The van der Waals surface area contributed by atoms with Crippen molar-refractivity contribution >= 4 is 34.9 Å². The fraction of sp³-hybridized carbons (Fsp3) is 0.158. The van der Waals surface area contributed by atoms with Crippen molar-refractivity contribution in [3.8, 4) is 0 Å². The van der Waals surface area contributed by atoms with Crippen LogP contribution in [0, 0.1) is 5.41 Å². The second-order valence-electron chi connectivity index (χ2n) is 6.25. The molecule has 1 unspecified atom stereocenters. The minimum absolute atomic E-state index is 0.0563. The summed E-state index contributed by atoms with van der Waals surface area (Å²) in [5, 5.41) is 8.78. The summed E-state index contributed by atoms with van der Waals surface area (Å²) in [5.74, 6) is 0.187. The first kappa shape index (κ1) is 16.5. The highest BCUT2D eigenvalue weighted by atomic mass is 35.5. The number of aryl methyl sites for hydroxylation is 1. The molecule has 1 heterocycles. The Labute approximate surface area is 155 Å². The topological polar surface area (TPSA) is 113 Å². The molecule has 0 bridgehead atoms. The number of amidine groups is 2. The third kappa shape index (κ3) is 2.50. The lowest BCUT2D eigenvalue weighted by Gasteiger charge is -2.25. The van der Waals surface area contributed by atoms with Gasteiger partial charge in [0.15, 0.2) is 5.84 Å². The first-order valence-corrected chi connectivity index (χ1v) is 8.59. The highest BCUT2D eigenvalue weighted by Crippen LogP contribution is 2.34. The Bertz CT molecular complexity index is 989. The molecule has 2 aromatic carbocycles. The van der Waals surface area contributed by atoms with E-state index in [0.717, 1.165) is 24.1 Å². The van der Waals surface area contributed by atoms with Crippen molar-refractivity contribution in [3.63, 3.8) is 0 Å². The minimum Gasteiger partial charge on any atom is -0.385 e. The Kier molecular flexibility index (Phi) is 3.85. The van der Waals surface area contributed by atoms with E-state index in [1.54, 1.807) is 24.3 Å². The number of hydrogen-bond acceptors (Lipinski definition) is 5. The first-order valence-electron chi connectivity index (χ1n) is 8.21. The Morgan fingerprint density at radius 1 is 1.12 bits per heavy atom. The fourth-order valence-electron chi connectivity index (χ4n) is 3.41. The Morgan fingerprint density at radius 2 is 1.85 bits per heavy atom. The molecule has 4 rings (SSSR count). The third-order valence-corrected chi connectivity index (χ3v) is 4.93. The van der Waals surface area contributed by atoms with Crippen LogP contribution in [-0.2, 0) is 12.0 Å². The lowest BCUT2D eigenvalue weighted by atomic mass is 9.88. The second-order valence-corrected chi connectivity index (χ2v) is 6.69. The molecule has 5 N–H and O–H groups in total. The number of halogens is 1. The molecule has 6 nitrogen and oxygen atoms in total. The molecule has 2 aliphatic rings. The van der Waals surface area contributed by atoms with Crippen LogP contribution >= 0.6 is 11.6 Å². The highest BCUT2D eigenvalue weighted by molar-refractivity contribution is 6.30. The van der Waals surface area contributed by atoms with Gasteiger partial charge in [-0.05, 0) is 41.7 Å². The van der Waals surface area contributed by atoms with Crippen molar-refractivity contribution in [1.82, 2.24) is 0 Å². The van der Waals surface area contributed by atoms with Crippen LogP contribution in [0.25, 0.3) is 0 Å². The van der Waals surface area contributed by atoms with Crippen LogP contribution in [0.3, 0.4) is 0 Å². The number of nitrogens with zero attached hydrogens (tertiary/aromatic N) is 3. The summed E-state index contributed by atoms with van der Waals surface area (Å²) in [6.45, 7) is 0. The van der Waals surface area contributed by atoms with Gasteiger partial charge in [0, 0.05) is 5.02 Å². The van der Waals surface area contributed by atoms with Gasteiger partial charge in [0.1, 0.15) is 5.84 Å². The number of benzene rings is 2. The van der Waals surface area contributed by atoms with E-state index in [-0.39, 0.29) is 11.8 Å². The predicted octanol–water partition coefficient (Wildman–Crippen LogP) is 2.63. The van der Waals surface area contributed by atoms with Crippen LogP contribution in [0.2, 0.25) is 5.02 Å². The standard InChI is InChI=1S/C19H17ClN6/c20-13-8-6-12(7-9-13)19(16(21)22)17(25-18(23)26-19)24-15-10-5-11-3-1-2-4-14(11)15/h1-4,6-9H,5,10H2,(H3,21,22)(H2,23,26). The normalized spacial score (nSPS) is 22.9. The zero-order valence-corrected chi connectivity index (χ0v) is 14.7. The number of aliphatic imine (C=N–C) groups is 3. The van der Waals surface area contributed by atoms with Crippen LogP contribution < -0.4 is 11.5 Å². The molecule has 0 amide bonds. The van der Waals surface area contributed by atoms with Gasteiger partial charge >= 0.3 is 0 Å². The minimum atomic E-state index is -1.32. The van der Waals surface area contributed by atoms with Crippen LogP contribution in [0.5, 0.6) is 0 Å². The molecule has 0 aromatic heterocycles. The summed E-state index contributed by atoms with van der Waals surface area (Å²) in [7, 11) is 0. The van der Waals surface area contributed by atoms with Gasteiger partial charge < -0.3 is 11.5 Å². The molecule has 1 aliphatic heterocycles. The number of nitrogens with two attached hydrogens (primary N) is 2. The molecule has 1 atom stereocenters. The van der Waals surface area contributed by atoms with Gasteiger partial charge in [0.05, 0.1) is 5.71 Å². The predicted molar refractivity (Wildman–Crippen MR) is 105 cm³/mol. The maximum Gasteiger partial charge on any atom is 0.219 e. The monoisotopic (exact) mass is 364 g/mol. The summed E-state index contributed by atoms with van der Waals surface area (Å²) in [6, 6.07) is 15.1. The Morgan fingerprint density at radius 3 is 2.58 bits per heavy atom. The quantitative estimate of drug-likeness (QED) is 0.561. The van der Waals surface area contributed by atoms with Crippen molar-refractivity contribution in [2.75, 3.05) is 0 Å². The largest absolute Gasteiger partial charge is 0.385 e. The van der Waals surface area contributed by atoms with E-state index < -0.39 is 5.54 Å². The molecule has 7 heteroatoms. The zero-order chi connectivity index (χ0) is 18.3. The summed E-state index contributed by atoms with van der Waals surface area (Å²) >= 11 is 6.00. The smallest absolute Gasteiger partial charge is 0.219 e. The Balaban J connectivity index is 1.85. The van der Waals surface area contributed by atoms with E-state index in [2.05, 4.69) is 16.1 Å². The number of hydrogen-bond donors (Lipinski definition) is 3. The van der Waals surface area contributed by atoms with Crippen LogP contribution in [-0.4, -0.2) is 23.3 Å². The maximum atomic E-state index is 8.20. The van der Waals surface area contributed by atoms with Gasteiger partial charge in [0.2, 0.25) is 11.5 Å². The lowest BCUT2D eigenvalue weighted by Crippen LogP contribution is -2.44. The highest BCUT2D eigenvalue weighted by Gasteiger charge is 2.45. The fourth-order valence-corrected chi connectivity index (χ4v) is 3.54. The lowest BCUT2D eigenvalue weighted by molar-refractivity contribution is 0.805. The molecule has 1 aliphatic carbocycles. The van der Waals surface area contributed by atoms with E-state index in [1.807, 2.05) is 18.2 Å². The molecule has 2 aromatic rings. The number of fused-ring (bicyclic) bond motifs is 1. The maximum absolute atomic E-state index is 8.20. The van der Waals surface area contributed by atoms with E-state index >= 15 is 0 Å². The molecule has 130 valence electrons. The van der Waals surface area contributed by atoms with E-state index in [9.17, 15) is 0 Å². The second kappa shape index (κ2) is 6.07. The van der Waals surface area contributed by atoms with E-state index in [4.69, 9.17) is 33.5 Å². The summed E-state index contributed by atoms with van der Waals surface area (Å²) in [6.07, 6.45) is 1.72. The Hall–Kier alpha value is -2.99. The zero-order valence-electron chi connectivity index (χ0n) is 13.9.